The lowest BCUT2D eigenvalue weighted by molar-refractivity contribution is -0.270. The van der Waals surface area contributed by atoms with Gasteiger partial charge in [0.05, 0.1) is 0 Å². The summed E-state index contributed by atoms with van der Waals surface area (Å²) in [6.07, 6.45) is -1.34. The van der Waals surface area contributed by atoms with Crippen LogP contribution in [0.3, 0.4) is 0 Å². The van der Waals surface area contributed by atoms with Crippen molar-refractivity contribution in [2.75, 3.05) is 6.61 Å². The van der Waals surface area contributed by atoms with Crippen LogP contribution in [0, 0.1) is 0 Å². The van der Waals surface area contributed by atoms with E-state index >= 15 is 0 Å². The molecule has 0 aliphatic carbocycles. The average Bonchev–Trinajstić information content (AvgIpc) is 2.67. The largest absolute Gasteiger partial charge is 0.366 e. The van der Waals surface area contributed by atoms with Crippen LogP contribution < -0.4 is 0 Å². The molecular formula is C20H21NO4. The lowest BCUT2D eigenvalue weighted by atomic mass is 9.93. The number of amides is 1. The van der Waals surface area contributed by atoms with E-state index in [0.717, 1.165) is 5.56 Å². The lowest BCUT2D eigenvalue weighted by Gasteiger charge is -2.45. The number of hydroxylamine groups is 2. The molecule has 0 N–H and O–H groups in total. The van der Waals surface area contributed by atoms with E-state index in [1.807, 2.05) is 43.3 Å². The number of ketones is 1. The highest BCUT2D eigenvalue weighted by atomic mass is 16.7. The maximum atomic E-state index is 12.5. The van der Waals surface area contributed by atoms with Gasteiger partial charge in [0, 0.05) is 12.2 Å². The minimum Gasteiger partial charge on any atom is -0.366 e. The first kappa shape index (κ1) is 17.3. The highest BCUT2D eigenvalue weighted by molar-refractivity contribution is 5.99. The molecule has 3 rings (SSSR count). The predicted octanol–water partition coefficient (Wildman–Crippen LogP) is 3.18. The number of β-lactam (4-membered cyclic amide) rings is 1. The van der Waals surface area contributed by atoms with Gasteiger partial charge in [0.2, 0.25) is 0 Å². The number of rotatable bonds is 7. The number of hydrogen-bond donors (Lipinski definition) is 0. The summed E-state index contributed by atoms with van der Waals surface area (Å²) >= 11 is 0. The van der Waals surface area contributed by atoms with Crippen LogP contribution in [0.5, 0.6) is 0 Å². The zero-order valence-corrected chi connectivity index (χ0v) is 14.3. The molecule has 1 fully saturated rings. The Morgan fingerprint density at radius 1 is 1.08 bits per heavy atom. The summed E-state index contributed by atoms with van der Waals surface area (Å²) in [6.45, 7) is 3.94. The smallest absolute Gasteiger partial charge is 0.278 e. The van der Waals surface area contributed by atoms with E-state index in [0.29, 0.717) is 12.2 Å². The van der Waals surface area contributed by atoms with Gasteiger partial charge in [-0.3, -0.25) is 14.4 Å². The predicted molar refractivity (Wildman–Crippen MR) is 92.8 cm³/mol. The second kappa shape index (κ2) is 7.59. The number of carbonyl (C=O) groups is 2. The van der Waals surface area contributed by atoms with Crippen molar-refractivity contribution >= 4 is 11.7 Å². The van der Waals surface area contributed by atoms with Gasteiger partial charge in [0.15, 0.2) is 11.9 Å². The number of carbonyl (C=O) groups excluding carboxylic acids is 2. The van der Waals surface area contributed by atoms with Crippen LogP contribution >= 0.6 is 0 Å². The van der Waals surface area contributed by atoms with E-state index in [1.165, 1.54) is 5.06 Å². The molecule has 3 unspecified atom stereocenters. The SMILES string of the molecule is CCOC1C(=O)N(OC(C)C(=O)c2ccccc2)C1c1ccccc1. The zero-order valence-electron chi connectivity index (χ0n) is 14.3. The van der Waals surface area contributed by atoms with Crippen LogP contribution in [0.4, 0.5) is 0 Å². The van der Waals surface area contributed by atoms with Crippen molar-refractivity contribution in [1.29, 1.82) is 0 Å². The maximum absolute atomic E-state index is 12.5. The molecule has 1 heterocycles. The van der Waals surface area contributed by atoms with E-state index in [-0.39, 0.29) is 17.7 Å². The van der Waals surface area contributed by atoms with Crippen molar-refractivity contribution in [1.82, 2.24) is 5.06 Å². The van der Waals surface area contributed by atoms with Gasteiger partial charge in [-0.1, -0.05) is 60.7 Å². The quantitative estimate of drug-likeness (QED) is 0.574. The van der Waals surface area contributed by atoms with E-state index in [1.54, 1.807) is 31.2 Å². The summed E-state index contributed by atoms with van der Waals surface area (Å²) in [6, 6.07) is 18.1. The van der Waals surface area contributed by atoms with E-state index in [9.17, 15) is 9.59 Å². The molecule has 1 aliphatic heterocycles. The Morgan fingerprint density at radius 2 is 1.68 bits per heavy atom. The third-order valence-electron chi connectivity index (χ3n) is 4.19. The lowest BCUT2D eigenvalue weighted by Crippen LogP contribution is -2.60. The fraction of sp³-hybridized carbons (Fsp3) is 0.300. The highest BCUT2D eigenvalue weighted by Gasteiger charge is 2.51. The van der Waals surface area contributed by atoms with Crippen molar-refractivity contribution in [3.8, 4) is 0 Å². The van der Waals surface area contributed by atoms with E-state index in [2.05, 4.69) is 0 Å². The first-order chi connectivity index (χ1) is 12.1. The normalized spacial score (nSPS) is 20.9. The molecule has 2 aromatic rings. The summed E-state index contributed by atoms with van der Waals surface area (Å²) < 4.78 is 5.56. The number of nitrogens with zero attached hydrogens (tertiary/aromatic N) is 1. The average molecular weight is 339 g/mol. The summed E-state index contributed by atoms with van der Waals surface area (Å²) in [4.78, 5) is 30.6. The van der Waals surface area contributed by atoms with Crippen LogP contribution in [0.2, 0.25) is 0 Å². The van der Waals surface area contributed by atoms with Crippen molar-refractivity contribution in [2.45, 2.75) is 32.1 Å². The van der Waals surface area contributed by atoms with Gasteiger partial charge < -0.3 is 4.74 Å². The molecule has 0 aromatic heterocycles. The number of ether oxygens (including phenoxy) is 1. The first-order valence-electron chi connectivity index (χ1n) is 8.39. The Balaban J connectivity index is 1.76. The van der Waals surface area contributed by atoms with Crippen LogP contribution in [0.25, 0.3) is 0 Å². The second-order valence-electron chi connectivity index (χ2n) is 5.87. The first-order valence-corrected chi connectivity index (χ1v) is 8.39. The van der Waals surface area contributed by atoms with Gasteiger partial charge in [-0.05, 0) is 19.4 Å². The number of Topliss-reactive ketones (excluding diaryl/α,β-unsaturated/α-hetero) is 1. The molecule has 5 nitrogen and oxygen atoms in total. The molecule has 1 saturated heterocycles. The van der Waals surface area contributed by atoms with Gasteiger partial charge in [-0.2, -0.15) is 0 Å². The van der Waals surface area contributed by atoms with Crippen LogP contribution in [-0.2, 0) is 14.4 Å². The molecule has 130 valence electrons. The summed E-state index contributed by atoms with van der Waals surface area (Å²) in [5.41, 5.74) is 1.47. The van der Waals surface area contributed by atoms with Crippen molar-refractivity contribution in [3.05, 3.63) is 71.8 Å². The second-order valence-corrected chi connectivity index (χ2v) is 5.87. The molecule has 2 aromatic carbocycles. The number of benzene rings is 2. The molecule has 0 bridgehead atoms. The maximum Gasteiger partial charge on any atom is 0.278 e. The van der Waals surface area contributed by atoms with Crippen LogP contribution in [-0.4, -0.2) is 35.6 Å². The zero-order chi connectivity index (χ0) is 17.8. The fourth-order valence-corrected chi connectivity index (χ4v) is 2.91. The summed E-state index contributed by atoms with van der Waals surface area (Å²) in [5.74, 6) is -0.427. The Labute approximate surface area is 147 Å². The van der Waals surface area contributed by atoms with Crippen LogP contribution in [0.1, 0.15) is 35.8 Å². The molecule has 5 heteroatoms. The van der Waals surface area contributed by atoms with E-state index in [4.69, 9.17) is 9.57 Å². The van der Waals surface area contributed by atoms with Crippen molar-refractivity contribution in [2.24, 2.45) is 0 Å². The minimum absolute atomic E-state index is 0.167. The van der Waals surface area contributed by atoms with Crippen molar-refractivity contribution in [3.63, 3.8) is 0 Å². The third kappa shape index (κ3) is 3.48. The molecule has 3 atom stereocenters. The fourth-order valence-electron chi connectivity index (χ4n) is 2.91. The van der Waals surface area contributed by atoms with Crippen molar-refractivity contribution < 1.29 is 19.2 Å². The van der Waals surface area contributed by atoms with Gasteiger partial charge >= 0.3 is 0 Å². The highest BCUT2D eigenvalue weighted by Crippen LogP contribution is 2.37. The van der Waals surface area contributed by atoms with Gasteiger partial charge in [0.1, 0.15) is 12.1 Å². The summed E-state index contributed by atoms with van der Waals surface area (Å²) in [5, 5.41) is 1.27. The number of hydrogen-bond acceptors (Lipinski definition) is 4. The molecule has 0 spiro atoms. The molecule has 1 aliphatic rings. The van der Waals surface area contributed by atoms with Gasteiger partial charge in [-0.25, -0.2) is 5.06 Å². The topological polar surface area (TPSA) is 55.8 Å². The van der Waals surface area contributed by atoms with Gasteiger partial charge in [0.25, 0.3) is 5.91 Å². The minimum atomic E-state index is -0.764. The molecular weight excluding hydrogens is 318 g/mol. The Morgan fingerprint density at radius 3 is 2.28 bits per heavy atom. The standard InChI is InChI=1S/C20H21NO4/c1-3-24-19-17(15-10-6-4-7-11-15)21(20(19)23)25-14(2)18(22)16-12-8-5-9-13-16/h4-14,17,19H,3H2,1-2H3. The molecule has 0 radical (unpaired) electrons. The molecule has 0 saturated carbocycles. The van der Waals surface area contributed by atoms with Crippen LogP contribution in [0.15, 0.2) is 60.7 Å². The monoisotopic (exact) mass is 339 g/mol. The molecule has 25 heavy (non-hydrogen) atoms. The Kier molecular flexibility index (Phi) is 5.26. The Hall–Kier alpha value is -2.50. The van der Waals surface area contributed by atoms with Gasteiger partial charge in [-0.15, -0.1) is 0 Å². The molecule has 1 amide bonds. The van der Waals surface area contributed by atoms with E-state index < -0.39 is 12.2 Å². The third-order valence-corrected chi connectivity index (χ3v) is 4.19. The Bertz CT molecular complexity index is 732. The summed E-state index contributed by atoms with van der Waals surface area (Å²) in [7, 11) is 0.